The highest BCUT2D eigenvalue weighted by Gasteiger charge is 2.25. The normalized spacial score (nSPS) is 13.0. The fourth-order valence-electron chi connectivity index (χ4n) is 3.05. The second kappa shape index (κ2) is 7.53. The van der Waals surface area contributed by atoms with Crippen LogP contribution in [0.25, 0.3) is 0 Å². The zero-order valence-electron chi connectivity index (χ0n) is 15.4. The van der Waals surface area contributed by atoms with E-state index in [0.29, 0.717) is 17.7 Å². The molecule has 0 atom stereocenters. The standard InChI is InChI=1S/C24H19NO3/c1-16-6-8-17(9-7-16)15-28-19-12-10-18(11-13-19)25-22-14-23(26)20-4-2-3-5-21(20)24(22)27/h2-14,25H,15H2,1H3. The molecule has 1 aliphatic rings. The van der Waals surface area contributed by atoms with Crippen LogP contribution in [0.2, 0.25) is 0 Å². The van der Waals surface area contributed by atoms with Crippen LogP contribution in [0.3, 0.4) is 0 Å². The number of hydrogen-bond donors (Lipinski definition) is 1. The molecule has 4 nitrogen and oxygen atoms in total. The van der Waals surface area contributed by atoms with Crippen molar-refractivity contribution in [2.45, 2.75) is 13.5 Å². The summed E-state index contributed by atoms with van der Waals surface area (Å²) in [6.07, 6.45) is 1.35. The van der Waals surface area contributed by atoms with Gasteiger partial charge in [-0.05, 0) is 36.8 Å². The van der Waals surface area contributed by atoms with Gasteiger partial charge in [0.15, 0.2) is 5.78 Å². The Morgan fingerprint density at radius 2 is 1.50 bits per heavy atom. The Morgan fingerprint density at radius 3 is 2.21 bits per heavy atom. The first-order chi connectivity index (χ1) is 13.6. The lowest BCUT2D eigenvalue weighted by Gasteiger charge is -2.16. The van der Waals surface area contributed by atoms with Crippen molar-refractivity contribution < 1.29 is 14.3 Å². The van der Waals surface area contributed by atoms with E-state index in [-0.39, 0.29) is 17.3 Å². The number of aryl methyl sites for hydroxylation is 1. The number of carbonyl (C=O) groups excluding carboxylic acids is 2. The highest BCUT2D eigenvalue weighted by Crippen LogP contribution is 2.24. The van der Waals surface area contributed by atoms with Gasteiger partial charge < -0.3 is 10.1 Å². The highest BCUT2D eigenvalue weighted by atomic mass is 16.5. The van der Waals surface area contributed by atoms with Crippen LogP contribution in [0.4, 0.5) is 5.69 Å². The first kappa shape index (κ1) is 17.7. The predicted molar refractivity (Wildman–Crippen MR) is 109 cm³/mol. The van der Waals surface area contributed by atoms with Gasteiger partial charge in [0, 0.05) is 22.9 Å². The van der Waals surface area contributed by atoms with Gasteiger partial charge in [0.25, 0.3) is 0 Å². The fraction of sp³-hybridized carbons (Fsp3) is 0.0833. The number of anilines is 1. The highest BCUT2D eigenvalue weighted by molar-refractivity contribution is 6.25. The first-order valence-corrected chi connectivity index (χ1v) is 9.05. The average Bonchev–Trinajstić information content (AvgIpc) is 2.72. The van der Waals surface area contributed by atoms with E-state index in [1.54, 1.807) is 24.3 Å². The fourth-order valence-corrected chi connectivity index (χ4v) is 3.05. The number of ether oxygens (including phenoxy) is 1. The van der Waals surface area contributed by atoms with Gasteiger partial charge in [-0.25, -0.2) is 0 Å². The lowest BCUT2D eigenvalue weighted by molar-refractivity contribution is 0.0985. The minimum atomic E-state index is -0.185. The summed E-state index contributed by atoms with van der Waals surface area (Å²) in [4.78, 5) is 24.8. The van der Waals surface area contributed by atoms with Crippen LogP contribution in [0.5, 0.6) is 5.75 Å². The summed E-state index contributed by atoms with van der Waals surface area (Å²) >= 11 is 0. The van der Waals surface area contributed by atoms with Gasteiger partial charge in [0.1, 0.15) is 12.4 Å². The Labute approximate surface area is 163 Å². The summed E-state index contributed by atoms with van der Waals surface area (Å²) in [5.41, 5.74) is 4.18. The molecule has 0 heterocycles. The molecule has 0 radical (unpaired) electrons. The van der Waals surface area contributed by atoms with E-state index < -0.39 is 0 Å². The molecule has 0 saturated heterocycles. The smallest absolute Gasteiger partial charge is 0.210 e. The third-order valence-corrected chi connectivity index (χ3v) is 4.62. The molecule has 4 rings (SSSR count). The number of rotatable bonds is 5. The Morgan fingerprint density at radius 1 is 0.821 bits per heavy atom. The molecule has 3 aromatic rings. The molecule has 0 spiro atoms. The maximum atomic E-state index is 12.6. The monoisotopic (exact) mass is 369 g/mol. The second-order valence-corrected chi connectivity index (χ2v) is 6.72. The van der Waals surface area contributed by atoms with E-state index >= 15 is 0 Å². The number of allylic oxidation sites excluding steroid dienone is 2. The molecule has 138 valence electrons. The summed E-state index contributed by atoms with van der Waals surface area (Å²) in [6.45, 7) is 2.54. The number of nitrogens with one attached hydrogen (secondary N) is 1. The van der Waals surface area contributed by atoms with Gasteiger partial charge in [-0.3, -0.25) is 9.59 Å². The summed E-state index contributed by atoms with van der Waals surface area (Å²) < 4.78 is 5.80. The van der Waals surface area contributed by atoms with Crippen molar-refractivity contribution in [3.8, 4) is 5.75 Å². The molecule has 3 aromatic carbocycles. The molecule has 4 heteroatoms. The topological polar surface area (TPSA) is 55.4 Å². The van der Waals surface area contributed by atoms with Crippen LogP contribution in [0.15, 0.2) is 84.6 Å². The molecular formula is C24H19NO3. The van der Waals surface area contributed by atoms with Crippen molar-refractivity contribution in [1.82, 2.24) is 0 Å². The maximum absolute atomic E-state index is 12.6. The summed E-state index contributed by atoms with van der Waals surface area (Å²) in [5.74, 6) is 0.377. The van der Waals surface area contributed by atoms with Gasteiger partial charge in [0.05, 0.1) is 5.70 Å². The number of carbonyl (C=O) groups is 2. The van der Waals surface area contributed by atoms with Gasteiger partial charge >= 0.3 is 0 Å². The zero-order chi connectivity index (χ0) is 19.5. The van der Waals surface area contributed by atoms with Crippen molar-refractivity contribution in [2.24, 2.45) is 0 Å². The number of fused-ring (bicyclic) bond motifs is 1. The van der Waals surface area contributed by atoms with Crippen LogP contribution < -0.4 is 10.1 Å². The molecule has 0 saturated carbocycles. The minimum absolute atomic E-state index is 0.171. The molecular weight excluding hydrogens is 350 g/mol. The van der Waals surface area contributed by atoms with E-state index in [4.69, 9.17) is 4.74 Å². The zero-order valence-corrected chi connectivity index (χ0v) is 15.4. The van der Waals surface area contributed by atoms with Crippen molar-refractivity contribution in [3.05, 3.63) is 107 Å². The summed E-state index contributed by atoms with van der Waals surface area (Å²) in [5, 5.41) is 3.04. The van der Waals surface area contributed by atoms with Crippen LogP contribution in [0, 0.1) is 6.92 Å². The van der Waals surface area contributed by atoms with E-state index in [2.05, 4.69) is 24.4 Å². The molecule has 0 amide bonds. The SMILES string of the molecule is Cc1ccc(COc2ccc(NC3=CC(=O)c4ccccc4C3=O)cc2)cc1. The molecule has 0 aliphatic heterocycles. The lowest BCUT2D eigenvalue weighted by Crippen LogP contribution is -2.21. The van der Waals surface area contributed by atoms with Crippen molar-refractivity contribution >= 4 is 17.3 Å². The molecule has 0 fully saturated rings. The van der Waals surface area contributed by atoms with E-state index in [0.717, 1.165) is 17.0 Å². The Balaban J connectivity index is 1.43. The number of Topliss-reactive ketones (excluding diaryl/α,β-unsaturated/α-hetero) is 1. The van der Waals surface area contributed by atoms with E-state index in [1.807, 2.05) is 36.4 Å². The van der Waals surface area contributed by atoms with Gasteiger partial charge in [0.2, 0.25) is 5.78 Å². The third-order valence-electron chi connectivity index (χ3n) is 4.62. The Kier molecular flexibility index (Phi) is 4.77. The van der Waals surface area contributed by atoms with Crippen LogP contribution in [0.1, 0.15) is 31.8 Å². The summed E-state index contributed by atoms with van der Waals surface area (Å²) in [7, 11) is 0. The van der Waals surface area contributed by atoms with Crippen LogP contribution >= 0.6 is 0 Å². The van der Waals surface area contributed by atoms with Crippen molar-refractivity contribution in [2.75, 3.05) is 5.32 Å². The molecule has 28 heavy (non-hydrogen) atoms. The molecule has 0 unspecified atom stereocenters. The van der Waals surface area contributed by atoms with Crippen molar-refractivity contribution in [1.29, 1.82) is 0 Å². The van der Waals surface area contributed by atoms with Crippen LogP contribution in [-0.2, 0) is 6.61 Å². The summed E-state index contributed by atoms with van der Waals surface area (Å²) in [6, 6.07) is 22.4. The van der Waals surface area contributed by atoms with Gasteiger partial charge in [-0.15, -0.1) is 0 Å². The first-order valence-electron chi connectivity index (χ1n) is 9.05. The molecule has 0 aromatic heterocycles. The largest absolute Gasteiger partial charge is 0.489 e. The lowest BCUT2D eigenvalue weighted by atomic mass is 9.92. The number of benzene rings is 3. The molecule has 1 aliphatic carbocycles. The van der Waals surface area contributed by atoms with Gasteiger partial charge in [-0.1, -0.05) is 54.1 Å². The van der Waals surface area contributed by atoms with E-state index in [9.17, 15) is 9.59 Å². The molecule has 1 N–H and O–H groups in total. The second-order valence-electron chi connectivity index (χ2n) is 6.72. The maximum Gasteiger partial charge on any atom is 0.210 e. The predicted octanol–water partition coefficient (Wildman–Crippen LogP) is 4.95. The minimum Gasteiger partial charge on any atom is -0.489 e. The Bertz CT molecular complexity index is 1060. The van der Waals surface area contributed by atoms with Gasteiger partial charge in [-0.2, -0.15) is 0 Å². The number of hydrogen-bond acceptors (Lipinski definition) is 4. The number of ketones is 2. The third kappa shape index (κ3) is 3.71. The Hall–Kier alpha value is -3.66. The van der Waals surface area contributed by atoms with Crippen molar-refractivity contribution in [3.63, 3.8) is 0 Å². The van der Waals surface area contributed by atoms with Crippen LogP contribution in [-0.4, -0.2) is 11.6 Å². The quantitative estimate of drug-likeness (QED) is 0.691. The van der Waals surface area contributed by atoms with E-state index in [1.165, 1.54) is 11.6 Å². The molecule has 0 bridgehead atoms. The average molecular weight is 369 g/mol.